The summed E-state index contributed by atoms with van der Waals surface area (Å²) in [7, 11) is 0. The van der Waals surface area contributed by atoms with Crippen molar-refractivity contribution in [2.75, 3.05) is 13.2 Å². The maximum atomic E-state index is 11.8. The van der Waals surface area contributed by atoms with Gasteiger partial charge in [-0.2, -0.15) is 0 Å². The highest BCUT2D eigenvalue weighted by Crippen LogP contribution is 2.02. The van der Waals surface area contributed by atoms with E-state index in [0.717, 1.165) is 6.42 Å². The molecular weight excluding hydrogens is 224 g/mol. The quantitative estimate of drug-likeness (QED) is 0.615. The van der Waals surface area contributed by atoms with E-state index < -0.39 is 18.0 Å². The summed E-state index contributed by atoms with van der Waals surface area (Å²) in [6.07, 6.45) is 0.822. The zero-order chi connectivity index (χ0) is 13.4. The van der Waals surface area contributed by atoms with Crippen LogP contribution in [-0.4, -0.2) is 52.3 Å². The molecule has 1 atom stereocenters. The van der Waals surface area contributed by atoms with E-state index in [-0.39, 0.29) is 19.1 Å². The standard InChI is InChI=1S/C11H22N2O4/c1-4-6-13(8(2)3)11(17)12-9(5-7-14)10(15)16/h8-9,14H,4-7H2,1-3H3,(H,12,17)(H,15,16)/t9-/m1/s1. The number of nitrogens with one attached hydrogen (secondary N) is 1. The molecule has 0 unspecified atom stereocenters. The molecule has 0 aliphatic carbocycles. The summed E-state index contributed by atoms with van der Waals surface area (Å²) >= 11 is 0. The fraction of sp³-hybridized carbons (Fsp3) is 0.818. The van der Waals surface area contributed by atoms with Gasteiger partial charge in [0.05, 0.1) is 0 Å². The van der Waals surface area contributed by atoms with Crippen LogP contribution in [0, 0.1) is 0 Å². The van der Waals surface area contributed by atoms with Gasteiger partial charge in [-0.25, -0.2) is 9.59 Å². The van der Waals surface area contributed by atoms with Crippen LogP contribution in [0.5, 0.6) is 0 Å². The molecule has 0 rings (SSSR count). The first-order valence-corrected chi connectivity index (χ1v) is 5.84. The average Bonchev–Trinajstić information content (AvgIpc) is 2.24. The molecule has 0 radical (unpaired) electrons. The zero-order valence-electron chi connectivity index (χ0n) is 10.6. The molecule has 0 saturated carbocycles. The Hall–Kier alpha value is -1.30. The van der Waals surface area contributed by atoms with E-state index in [1.165, 1.54) is 0 Å². The fourth-order valence-corrected chi connectivity index (χ4v) is 1.45. The van der Waals surface area contributed by atoms with Crippen LogP contribution in [0.2, 0.25) is 0 Å². The Kier molecular flexibility index (Phi) is 7.29. The number of hydrogen-bond donors (Lipinski definition) is 3. The van der Waals surface area contributed by atoms with Crippen molar-refractivity contribution >= 4 is 12.0 Å². The predicted octanol–water partition coefficient (Wildman–Crippen LogP) is 0.652. The minimum atomic E-state index is -1.13. The second-order valence-electron chi connectivity index (χ2n) is 4.14. The van der Waals surface area contributed by atoms with E-state index in [9.17, 15) is 9.59 Å². The van der Waals surface area contributed by atoms with Crippen LogP contribution in [0.3, 0.4) is 0 Å². The smallest absolute Gasteiger partial charge is 0.326 e. The molecule has 0 aliphatic rings. The number of aliphatic hydroxyl groups excluding tert-OH is 1. The zero-order valence-corrected chi connectivity index (χ0v) is 10.6. The molecule has 0 bridgehead atoms. The van der Waals surface area contributed by atoms with Crippen molar-refractivity contribution in [3.05, 3.63) is 0 Å². The molecule has 17 heavy (non-hydrogen) atoms. The molecule has 0 aliphatic heterocycles. The summed E-state index contributed by atoms with van der Waals surface area (Å²) in [6.45, 7) is 6.00. The highest BCUT2D eigenvalue weighted by molar-refractivity contribution is 5.82. The Morgan fingerprint density at radius 1 is 1.35 bits per heavy atom. The summed E-state index contributed by atoms with van der Waals surface area (Å²) in [5.41, 5.74) is 0. The number of hydrogen-bond acceptors (Lipinski definition) is 3. The largest absolute Gasteiger partial charge is 0.480 e. The Morgan fingerprint density at radius 3 is 2.29 bits per heavy atom. The molecule has 0 saturated heterocycles. The third kappa shape index (κ3) is 5.53. The second-order valence-corrected chi connectivity index (χ2v) is 4.14. The Morgan fingerprint density at radius 2 is 1.94 bits per heavy atom. The molecule has 0 spiro atoms. The molecule has 0 aromatic carbocycles. The fourth-order valence-electron chi connectivity index (χ4n) is 1.45. The van der Waals surface area contributed by atoms with Gasteiger partial charge in [-0.05, 0) is 20.3 Å². The number of carboxylic acids is 1. The first-order valence-electron chi connectivity index (χ1n) is 5.84. The van der Waals surface area contributed by atoms with Crippen LogP contribution in [-0.2, 0) is 4.79 Å². The summed E-state index contributed by atoms with van der Waals surface area (Å²) in [4.78, 5) is 24.2. The monoisotopic (exact) mass is 246 g/mol. The molecule has 6 heteroatoms. The van der Waals surface area contributed by atoms with Crippen LogP contribution < -0.4 is 5.32 Å². The number of carbonyl (C=O) groups is 2. The van der Waals surface area contributed by atoms with Gasteiger partial charge in [0.2, 0.25) is 0 Å². The highest BCUT2D eigenvalue weighted by atomic mass is 16.4. The van der Waals surface area contributed by atoms with Crippen molar-refractivity contribution in [2.45, 2.75) is 45.7 Å². The van der Waals surface area contributed by atoms with E-state index in [0.29, 0.717) is 6.54 Å². The lowest BCUT2D eigenvalue weighted by atomic mass is 10.2. The summed E-state index contributed by atoms with van der Waals surface area (Å²) in [5.74, 6) is -1.13. The predicted molar refractivity (Wildman–Crippen MR) is 63.8 cm³/mol. The van der Waals surface area contributed by atoms with Crippen molar-refractivity contribution in [3.63, 3.8) is 0 Å². The SMILES string of the molecule is CCCN(C(=O)N[C@H](CCO)C(=O)O)C(C)C. The molecule has 0 aromatic heterocycles. The maximum absolute atomic E-state index is 11.8. The number of aliphatic hydroxyl groups is 1. The number of amides is 2. The van der Waals surface area contributed by atoms with Crippen molar-refractivity contribution in [1.29, 1.82) is 0 Å². The lowest BCUT2D eigenvalue weighted by Crippen LogP contribution is -2.50. The van der Waals surface area contributed by atoms with Crippen molar-refractivity contribution < 1.29 is 19.8 Å². The van der Waals surface area contributed by atoms with Gasteiger partial charge in [0.25, 0.3) is 0 Å². The van der Waals surface area contributed by atoms with Gasteiger partial charge in [-0.15, -0.1) is 0 Å². The van der Waals surface area contributed by atoms with Crippen molar-refractivity contribution in [3.8, 4) is 0 Å². The van der Waals surface area contributed by atoms with E-state index in [1.807, 2.05) is 20.8 Å². The summed E-state index contributed by atoms with van der Waals surface area (Å²) < 4.78 is 0. The number of aliphatic carboxylic acids is 1. The van der Waals surface area contributed by atoms with Crippen molar-refractivity contribution in [1.82, 2.24) is 10.2 Å². The molecule has 100 valence electrons. The minimum absolute atomic E-state index is 0.0125. The maximum Gasteiger partial charge on any atom is 0.326 e. The normalized spacial score (nSPS) is 12.3. The van der Waals surface area contributed by atoms with Crippen LogP contribution in [0.25, 0.3) is 0 Å². The van der Waals surface area contributed by atoms with Gasteiger partial charge in [0, 0.05) is 25.6 Å². The van der Waals surface area contributed by atoms with Gasteiger partial charge in [0.1, 0.15) is 6.04 Å². The number of rotatable bonds is 7. The third-order valence-electron chi connectivity index (χ3n) is 2.36. The lowest BCUT2D eigenvalue weighted by Gasteiger charge is -2.28. The lowest BCUT2D eigenvalue weighted by molar-refractivity contribution is -0.139. The van der Waals surface area contributed by atoms with Crippen LogP contribution >= 0.6 is 0 Å². The first kappa shape index (κ1) is 15.7. The van der Waals surface area contributed by atoms with E-state index in [4.69, 9.17) is 10.2 Å². The number of carboxylic acid groups (broad SMARTS) is 1. The molecule has 2 amide bonds. The number of urea groups is 1. The summed E-state index contributed by atoms with van der Waals surface area (Å²) in [5, 5.41) is 20.0. The van der Waals surface area contributed by atoms with Crippen LogP contribution in [0.4, 0.5) is 4.79 Å². The minimum Gasteiger partial charge on any atom is -0.480 e. The molecule has 0 aromatic rings. The topological polar surface area (TPSA) is 89.9 Å². The Balaban J connectivity index is 4.50. The van der Waals surface area contributed by atoms with E-state index in [1.54, 1.807) is 4.90 Å². The number of nitrogens with zero attached hydrogens (tertiary/aromatic N) is 1. The van der Waals surface area contributed by atoms with Gasteiger partial charge in [-0.3, -0.25) is 0 Å². The van der Waals surface area contributed by atoms with E-state index in [2.05, 4.69) is 5.32 Å². The Labute approximate surface area is 102 Å². The third-order valence-corrected chi connectivity index (χ3v) is 2.36. The molecule has 0 heterocycles. The first-order chi connectivity index (χ1) is 7.93. The highest BCUT2D eigenvalue weighted by Gasteiger charge is 2.23. The van der Waals surface area contributed by atoms with E-state index >= 15 is 0 Å². The molecule has 6 nitrogen and oxygen atoms in total. The Bertz CT molecular complexity index is 256. The summed E-state index contributed by atoms with van der Waals surface area (Å²) in [6, 6.07) is -1.42. The van der Waals surface area contributed by atoms with Gasteiger partial charge in [-0.1, -0.05) is 6.92 Å². The molecule has 0 fully saturated rings. The van der Waals surface area contributed by atoms with Gasteiger partial charge in [0.15, 0.2) is 0 Å². The number of carbonyl (C=O) groups excluding carboxylic acids is 1. The second kappa shape index (κ2) is 7.89. The van der Waals surface area contributed by atoms with Crippen LogP contribution in [0.15, 0.2) is 0 Å². The molecular formula is C11H22N2O4. The van der Waals surface area contributed by atoms with Gasteiger partial charge < -0.3 is 20.4 Å². The average molecular weight is 246 g/mol. The van der Waals surface area contributed by atoms with Crippen molar-refractivity contribution in [2.24, 2.45) is 0 Å². The van der Waals surface area contributed by atoms with Crippen LogP contribution in [0.1, 0.15) is 33.6 Å². The molecule has 3 N–H and O–H groups in total. The van der Waals surface area contributed by atoms with Gasteiger partial charge >= 0.3 is 12.0 Å².